The highest BCUT2D eigenvalue weighted by molar-refractivity contribution is 5.99. The third-order valence-corrected chi connectivity index (χ3v) is 4.10. The number of carbonyl (C=O) groups is 1. The number of nitrogens with zero attached hydrogens (tertiary/aromatic N) is 4. The van der Waals surface area contributed by atoms with E-state index in [1.807, 2.05) is 25.1 Å². The average molecular weight is 283 g/mol. The maximum atomic E-state index is 12.6. The maximum Gasteiger partial charge on any atom is 0.253 e. The normalized spacial score (nSPS) is 18.4. The smallest absolute Gasteiger partial charge is 0.253 e. The molecule has 1 saturated heterocycles. The van der Waals surface area contributed by atoms with Gasteiger partial charge in [-0.25, -0.2) is 0 Å². The van der Waals surface area contributed by atoms with Gasteiger partial charge in [0.1, 0.15) is 6.07 Å². The number of rotatable bonds is 2. The van der Waals surface area contributed by atoms with Gasteiger partial charge in [0, 0.05) is 30.1 Å². The molecule has 0 spiro atoms. The lowest BCUT2D eigenvalue weighted by atomic mass is 10.1. The molecular formula is C15H17N5O. The summed E-state index contributed by atoms with van der Waals surface area (Å²) in [5.41, 5.74) is 1.71. The van der Waals surface area contributed by atoms with Crippen molar-refractivity contribution in [2.24, 2.45) is 0 Å². The van der Waals surface area contributed by atoms with Gasteiger partial charge in [-0.2, -0.15) is 10.4 Å². The second-order valence-electron chi connectivity index (χ2n) is 5.60. The molecule has 0 bridgehead atoms. The van der Waals surface area contributed by atoms with Gasteiger partial charge >= 0.3 is 0 Å². The number of aromatic amines is 1. The number of amides is 1. The fourth-order valence-corrected chi connectivity index (χ4v) is 2.76. The Hall–Kier alpha value is -2.39. The van der Waals surface area contributed by atoms with Crippen LogP contribution in [0.25, 0.3) is 10.9 Å². The van der Waals surface area contributed by atoms with Crippen molar-refractivity contribution in [1.82, 2.24) is 20.0 Å². The lowest BCUT2D eigenvalue weighted by Gasteiger charge is -2.20. The minimum atomic E-state index is 0.0198. The topological polar surface area (TPSA) is 76.0 Å². The second kappa shape index (κ2) is 5.19. The van der Waals surface area contributed by atoms with Crippen molar-refractivity contribution in [3.05, 3.63) is 29.5 Å². The Morgan fingerprint density at radius 3 is 3.00 bits per heavy atom. The van der Waals surface area contributed by atoms with Crippen molar-refractivity contribution in [1.29, 1.82) is 5.26 Å². The summed E-state index contributed by atoms with van der Waals surface area (Å²) < 4.78 is 0. The summed E-state index contributed by atoms with van der Waals surface area (Å²) in [6.45, 7) is 1.52. The van der Waals surface area contributed by atoms with E-state index in [0.717, 1.165) is 25.0 Å². The summed E-state index contributed by atoms with van der Waals surface area (Å²) >= 11 is 0. The van der Waals surface area contributed by atoms with Crippen LogP contribution >= 0.6 is 0 Å². The van der Waals surface area contributed by atoms with Crippen LogP contribution in [-0.4, -0.2) is 59.1 Å². The van der Waals surface area contributed by atoms with E-state index in [0.29, 0.717) is 22.7 Å². The third kappa shape index (κ3) is 2.36. The number of likely N-dealkylation sites (tertiary alicyclic amines) is 1. The summed E-state index contributed by atoms with van der Waals surface area (Å²) in [6, 6.07) is 7.79. The van der Waals surface area contributed by atoms with E-state index in [1.165, 1.54) is 0 Å². The van der Waals surface area contributed by atoms with Crippen molar-refractivity contribution >= 4 is 16.8 Å². The first-order valence-electron chi connectivity index (χ1n) is 6.94. The number of aromatic nitrogens is 2. The van der Waals surface area contributed by atoms with Gasteiger partial charge in [0.15, 0.2) is 5.69 Å². The fourth-order valence-electron chi connectivity index (χ4n) is 2.76. The van der Waals surface area contributed by atoms with Gasteiger partial charge in [-0.3, -0.25) is 9.89 Å². The van der Waals surface area contributed by atoms with Crippen LogP contribution in [0, 0.1) is 11.3 Å². The summed E-state index contributed by atoms with van der Waals surface area (Å²) in [5.74, 6) is 0.0198. The molecule has 1 aliphatic rings. The average Bonchev–Trinajstić information content (AvgIpc) is 3.12. The number of nitriles is 1. The molecule has 1 amide bonds. The van der Waals surface area contributed by atoms with Gasteiger partial charge in [-0.05, 0) is 38.7 Å². The fraction of sp³-hybridized carbons (Fsp3) is 0.400. The molecule has 108 valence electrons. The van der Waals surface area contributed by atoms with Crippen LogP contribution in [0.15, 0.2) is 18.2 Å². The zero-order valence-corrected chi connectivity index (χ0v) is 12.1. The Morgan fingerprint density at radius 2 is 2.33 bits per heavy atom. The molecule has 3 rings (SSSR count). The number of nitrogens with one attached hydrogen (secondary N) is 1. The quantitative estimate of drug-likeness (QED) is 0.899. The van der Waals surface area contributed by atoms with Crippen LogP contribution in [0.3, 0.4) is 0 Å². The number of likely N-dealkylation sites (N-methyl/N-ethyl adjacent to an activating group) is 1. The largest absolute Gasteiger partial charge is 0.337 e. The van der Waals surface area contributed by atoms with E-state index in [-0.39, 0.29) is 5.91 Å². The molecule has 0 aliphatic carbocycles. The number of hydrogen-bond acceptors (Lipinski definition) is 4. The van der Waals surface area contributed by atoms with E-state index in [9.17, 15) is 4.79 Å². The van der Waals surface area contributed by atoms with Crippen LogP contribution in [0.4, 0.5) is 0 Å². The van der Waals surface area contributed by atoms with Crippen molar-refractivity contribution < 1.29 is 4.79 Å². The molecule has 0 saturated carbocycles. The zero-order chi connectivity index (χ0) is 15.0. The predicted octanol–water partition coefficient (Wildman–Crippen LogP) is 1.21. The minimum Gasteiger partial charge on any atom is -0.337 e. The van der Waals surface area contributed by atoms with Crippen LogP contribution in [0.1, 0.15) is 22.5 Å². The number of H-pyrrole nitrogens is 1. The summed E-state index contributed by atoms with van der Waals surface area (Å²) in [5, 5.41) is 16.5. The molecule has 1 unspecified atom stereocenters. The summed E-state index contributed by atoms with van der Waals surface area (Å²) in [4.78, 5) is 16.6. The molecule has 1 aromatic heterocycles. The van der Waals surface area contributed by atoms with E-state index >= 15 is 0 Å². The first-order chi connectivity index (χ1) is 10.1. The summed E-state index contributed by atoms with van der Waals surface area (Å²) in [7, 11) is 4.07. The van der Waals surface area contributed by atoms with Crippen molar-refractivity contribution in [3.8, 4) is 6.07 Å². The minimum absolute atomic E-state index is 0.0198. The van der Waals surface area contributed by atoms with E-state index < -0.39 is 0 Å². The van der Waals surface area contributed by atoms with E-state index in [1.54, 1.807) is 18.2 Å². The molecule has 2 aromatic rings. The van der Waals surface area contributed by atoms with Gasteiger partial charge in [-0.1, -0.05) is 0 Å². The number of hydrogen-bond donors (Lipinski definition) is 1. The molecule has 1 N–H and O–H groups in total. The van der Waals surface area contributed by atoms with Gasteiger partial charge in [0.05, 0.1) is 5.52 Å². The van der Waals surface area contributed by atoms with Crippen molar-refractivity contribution in [2.45, 2.75) is 12.5 Å². The third-order valence-electron chi connectivity index (χ3n) is 4.10. The van der Waals surface area contributed by atoms with E-state index in [2.05, 4.69) is 15.1 Å². The van der Waals surface area contributed by atoms with Gasteiger partial charge < -0.3 is 9.80 Å². The lowest BCUT2D eigenvalue weighted by molar-refractivity contribution is 0.0783. The van der Waals surface area contributed by atoms with Crippen LogP contribution in [0.2, 0.25) is 0 Å². The molecular weight excluding hydrogens is 266 g/mol. The second-order valence-corrected chi connectivity index (χ2v) is 5.60. The maximum absolute atomic E-state index is 12.6. The SMILES string of the molecule is CN(C)C1CCN(C(=O)c2ccc3[nH]nc(C#N)c3c2)C1. The highest BCUT2D eigenvalue weighted by Crippen LogP contribution is 2.21. The molecule has 1 atom stereocenters. The van der Waals surface area contributed by atoms with Crippen molar-refractivity contribution in [3.63, 3.8) is 0 Å². The molecule has 0 radical (unpaired) electrons. The number of benzene rings is 1. The Morgan fingerprint density at radius 1 is 1.52 bits per heavy atom. The Kier molecular flexibility index (Phi) is 3.35. The first kappa shape index (κ1) is 13.6. The van der Waals surface area contributed by atoms with Crippen LogP contribution < -0.4 is 0 Å². The molecule has 6 heteroatoms. The first-order valence-corrected chi connectivity index (χ1v) is 6.94. The predicted molar refractivity (Wildman–Crippen MR) is 78.8 cm³/mol. The monoisotopic (exact) mass is 283 g/mol. The Balaban J connectivity index is 1.87. The molecule has 1 aromatic carbocycles. The van der Waals surface area contributed by atoms with Crippen LogP contribution in [-0.2, 0) is 0 Å². The molecule has 1 aliphatic heterocycles. The molecule has 2 heterocycles. The Bertz CT molecular complexity index is 727. The standard InChI is InChI=1S/C15H17N5O/c1-19(2)11-5-6-20(9-11)15(21)10-3-4-13-12(7-10)14(8-16)18-17-13/h3-4,7,11H,5-6,9H2,1-2H3,(H,17,18). The Labute approximate surface area is 122 Å². The van der Waals surface area contributed by atoms with Crippen LogP contribution in [0.5, 0.6) is 0 Å². The summed E-state index contributed by atoms with van der Waals surface area (Å²) in [6.07, 6.45) is 0.996. The van der Waals surface area contributed by atoms with Gasteiger partial charge in [0.25, 0.3) is 5.91 Å². The van der Waals surface area contributed by atoms with Gasteiger partial charge in [-0.15, -0.1) is 0 Å². The van der Waals surface area contributed by atoms with Gasteiger partial charge in [0.2, 0.25) is 0 Å². The molecule has 21 heavy (non-hydrogen) atoms. The molecule has 1 fully saturated rings. The lowest BCUT2D eigenvalue weighted by Crippen LogP contribution is -2.34. The van der Waals surface area contributed by atoms with E-state index in [4.69, 9.17) is 5.26 Å². The number of fused-ring (bicyclic) bond motifs is 1. The molecule has 6 nitrogen and oxygen atoms in total. The highest BCUT2D eigenvalue weighted by atomic mass is 16.2. The highest BCUT2D eigenvalue weighted by Gasteiger charge is 2.28. The zero-order valence-electron chi connectivity index (χ0n) is 12.1. The number of carbonyl (C=O) groups excluding carboxylic acids is 1. The van der Waals surface area contributed by atoms with Crippen molar-refractivity contribution in [2.75, 3.05) is 27.2 Å².